The molecule has 0 radical (unpaired) electrons. The lowest BCUT2D eigenvalue weighted by Gasteiger charge is -2.34. The summed E-state index contributed by atoms with van der Waals surface area (Å²) in [6.45, 7) is 4.25. The van der Waals surface area contributed by atoms with Crippen molar-refractivity contribution in [3.05, 3.63) is 64.7 Å². The molecule has 2 aromatic carbocycles. The zero-order chi connectivity index (χ0) is 19.9. The Morgan fingerprint density at radius 1 is 0.964 bits per heavy atom. The Morgan fingerprint density at radius 2 is 1.57 bits per heavy atom. The number of ether oxygens (including phenoxy) is 1. The van der Waals surface area contributed by atoms with E-state index in [1.54, 1.807) is 55.6 Å². The maximum absolute atomic E-state index is 12.5. The minimum atomic E-state index is -0.0980. The molecular formula is C21H24ClN3O3. The Hall–Kier alpha value is -2.57. The molecule has 1 N–H and O–H groups in total. The lowest BCUT2D eigenvalue weighted by molar-refractivity contribution is 0.0638. The van der Waals surface area contributed by atoms with Crippen molar-refractivity contribution in [1.29, 1.82) is 0 Å². The number of hydrogen-bond acceptors (Lipinski definition) is 4. The standard InChI is InChI=1S/C21H24ClN3O3/c1-28-19-8-4-16(5-9-19)20(26)23-10-11-24-12-14-25(15-13-24)21(27)17-2-6-18(22)7-3-17/h2-9H,10-15H2,1H3,(H,23,26). The highest BCUT2D eigenvalue weighted by Gasteiger charge is 2.22. The van der Waals surface area contributed by atoms with Gasteiger partial charge in [0, 0.05) is 55.4 Å². The van der Waals surface area contributed by atoms with Crippen molar-refractivity contribution in [2.24, 2.45) is 0 Å². The van der Waals surface area contributed by atoms with Crippen LogP contribution < -0.4 is 10.1 Å². The molecule has 1 heterocycles. The van der Waals surface area contributed by atoms with E-state index < -0.39 is 0 Å². The Kier molecular flexibility index (Phi) is 6.90. The van der Waals surface area contributed by atoms with Crippen molar-refractivity contribution in [3.63, 3.8) is 0 Å². The third kappa shape index (κ3) is 5.24. The number of amides is 2. The normalized spacial score (nSPS) is 14.6. The van der Waals surface area contributed by atoms with Crippen LogP contribution in [0.1, 0.15) is 20.7 Å². The minimum absolute atomic E-state index is 0.0316. The fourth-order valence-corrected chi connectivity index (χ4v) is 3.25. The van der Waals surface area contributed by atoms with E-state index in [1.807, 2.05) is 4.90 Å². The van der Waals surface area contributed by atoms with Gasteiger partial charge in [-0.25, -0.2) is 0 Å². The average molecular weight is 402 g/mol. The molecule has 0 unspecified atom stereocenters. The Morgan fingerprint density at radius 3 is 2.18 bits per heavy atom. The molecule has 0 aliphatic carbocycles. The van der Waals surface area contributed by atoms with E-state index in [1.165, 1.54) is 0 Å². The molecule has 0 atom stereocenters. The number of halogens is 1. The quantitative estimate of drug-likeness (QED) is 0.808. The van der Waals surface area contributed by atoms with Gasteiger partial charge in [0.05, 0.1) is 7.11 Å². The average Bonchev–Trinajstić information content (AvgIpc) is 2.74. The summed E-state index contributed by atoms with van der Waals surface area (Å²) >= 11 is 5.88. The second kappa shape index (κ2) is 9.57. The number of carbonyl (C=O) groups is 2. The fraction of sp³-hybridized carbons (Fsp3) is 0.333. The molecule has 3 rings (SSSR count). The van der Waals surface area contributed by atoms with Crippen LogP contribution in [-0.2, 0) is 0 Å². The van der Waals surface area contributed by atoms with Gasteiger partial charge in [-0.2, -0.15) is 0 Å². The smallest absolute Gasteiger partial charge is 0.253 e. The molecule has 0 aromatic heterocycles. The second-order valence-corrected chi connectivity index (χ2v) is 7.06. The molecule has 6 nitrogen and oxygen atoms in total. The molecule has 148 valence electrons. The first-order valence-corrected chi connectivity index (χ1v) is 9.64. The van der Waals surface area contributed by atoms with E-state index in [4.69, 9.17) is 16.3 Å². The van der Waals surface area contributed by atoms with Crippen LogP contribution in [-0.4, -0.2) is 68.0 Å². The number of hydrogen-bond donors (Lipinski definition) is 1. The number of nitrogens with one attached hydrogen (secondary N) is 1. The first kappa shape index (κ1) is 20.2. The summed E-state index contributed by atoms with van der Waals surface area (Å²) in [7, 11) is 1.60. The number of carbonyl (C=O) groups excluding carboxylic acids is 2. The van der Waals surface area contributed by atoms with E-state index in [0.717, 1.165) is 25.4 Å². The van der Waals surface area contributed by atoms with Crippen LogP contribution in [0.2, 0.25) is 5.02 Å². The fourth-order valence-electron chi connectivity index (χ4n) is 3.12. The van der Waals surface area contributed by atoms with Gasteiger partial charge in [-0.05, 0) is 48.5 Å². The summed E-state index contributed by atoms with van der Waals surface area (Å²) in [5, 5.41) is 3.56. The van der Waals surface area contributed by atoms with Crippen molar-refractivity contribution < 1.29 is 14.3 Å². The van der Waals surface area contributed by atoms with Crippen LogP contribution in [0, 0.1) is 0 Å². The predicted molar refractivity (Wildman–Crippen MR) is 109 cm³/mol. The van der Waals surface area contributed by atoms with Crippen molar-refractivity contribution in [3.8, 4) is 5.75 Å². The summed E-state index contributed by atoms with van der Waals surface area (Å²) in [6, 6.07) is 14.0. The van der Waals surface area contributed by atoms with E-state index in [9.17, 15) is 9.59 Å². The summed E-state index contributed by atoms with van der Waals surface area (Å²) in [5.74, 6) is 0.658. The Labute approximate surface area is 170 Å². The monoisotopic (exact) mass is 401 g/mol. The summed E-state index contributed by atoms with van der Waals surface area (Å²) < 4.78 is 5.10. The van der Waals surface area contributed by atoms with Crippen LogP contribution >= 0.6 is 11.6 Å². The first-order valence-electron chi connectivity index (χ1n) is 9.26. The van der Waals surface area contributed by atoms with E-state index >= 15 is 0 Å². The highest BCUT2D eigenvalue weighted by molar-refractivity contribution is 6.30. The Balaban J connectivity index is 1.40. The maximum atomic E-state index is 12.5. The SMILES string of the molecule is COc1ccc(C(=O)NCCN2CCN(C(=O)c3ccc(Cl)cc3)CC2)cc1. The van der Waals surface area contributed by atoms with Gasteiger partial charge >= 0.3 is 0 Å². The second-order valence-electron chi connectivity index (χ2n) is 6.63. The van der Waals surface area contributed by atoms with Gasteiger partial charge in [-0.15, -0.1) is 0 Å². The number of nitrogens with zero attached hydrogens (tertiary/aromatic N) is 2. The van der Waals surface area contributed by atoms with Gasteiger partial charge < -0.3 is 15.0 Å². The maximum Gasteiger partial charge on any atom is 0.253 e. The summed E-state index contributed by atoms with van der Waals surface area (Å²) in [4.78, 5) is 28.8. The molecule has 2 amide bonds. The van der Waals surface area contributed by atoms with E-state index in [2.05, 4.69) is 10.2 Å². The van der Waals surface area contributed by atoms with Crippen molar-refractivity contribution in [2.45, 2.75) is 0 Å². The first-order chi connectivity index (χ1) is 13.6. The highest BCUT2D eigenvalue weighted by atomic mass is 35.5. The molecule has 1 aliphatic heterocycles. The van der Waals surface area contributed by atoms with Gasteiger partial charge in [-0.3, -0.25) is 14.5 Å². The van der Waals surface area contributed by atoms with Crippen LogP contribution in [0.5, 0.6) is 5.75 Å². The molecule has 1 fully saturated rings. The molecule has 0 spiro atoms. The van der Waals surface area contributed by atoms with Crippen molar-refractivity contribution in [2.75, 3.05) is 46.4 Å². The number of piperazine rings is 1. The lowest BCUT2D eigenvalue weighted by Crippen LogP contribution is -2.50. The highest BCUT2D eigenvalue weighted by Crippen LogP contribution is 2.13. The Bertz CT molecular complexity index is 801. The zero-order valence-electron chi connectivity index (χ0n) is 15.9. The minimum Gasteiger partial charge on any atom is -0.497 e. The lowest BCUT2D eigenvalue weighted by atomic mass is 10.2. The molecule has 2 aromatic rings. The summed E-state index contributed by atoms with van der Waals surface area (Å²) in [6.07, 6.45) is 0. The van der Waals surface area contributed by atoms with Crippen LogP contribution in [0.4, 0.5) is 0 Å². The van der Waals surface area contributed by atoms with E-state index in [-0.39, 0.29) is 11.8 Å². The number of rotatable bonds is 6. The van der Waals surface area contributed by atoms with Gasteiger partial charge in [0.2, 0.25) is 0 Å². The van der Waals surface area contributed by atoms with Crippen LogP contribution in [0.15, 0.2) is 48.5 Å². The molecule has 0 bridgehead atoms. The van der Waals surface area contributed by atoms with Gasteiger partial charge in [0.25, 0.3) is 11.8 Å². The van der Waals surface area contributed by atoms with Crippen LogP contribution in [0.25, 0.3) is 0 Å². The molecule has 1 saturated heterocycles. The molecular weight excluding hydrogens is 378 g/mol. The van der Waals surface area contributed by atoms with E-state index in [0.29, 0.717) is 35.8 Å². The topological polar surface area (TPSA) is 61.9 Å². The number of benzene rings is 2. The zero-order valence-corrected chi connectivity index (χ0v) is 16.6. The van der Waals surface area contributed by atoms with Gasteiger partial charge in [0.15, 0.2) is 0 Å². The molecule has 1 aliphatic rings. The predicted octanol–water partition coefficient (Wildman–Crippen LogP) is 2.54. The third-order valence-corrected chi connectivity index (χ3v) is 5.07. The van der Waals surface area contributed by atoms with Crippen LogP contribution in [0.3, 0.4) is 0 Å². The summed E-state index contributed by atoms with van der Waals surface area (Å²) in [5.41, 5.74) is 1.27. The van der Waals surface area contributed by atoms with Gasteiger partial charge in [-0.1, -0.05) is 11.6 Å². The van der Waals surface area contributed by atoms with Gasteiger partial charge in [0.1, 0.15) is 5.75 Å². The molecule has 0 saturated carbocycles. The van der Waals surface area contributed by atoms with Crippen molar-refractivity contribution in [1.82, 2.24) is 15.1 Å². The molecule has 7 heteroatoms. The number of methoxy groups -OCH3 is 1. The van der Waals surface area contributed by atoms with Crippen molar-refractivity contribution >= 4 is 23.4 Å². The third-order valence-electron chi connectivity index (χ3n) is 4.82. The largest absolute Gasteiger partial charge is 0.497 e. The molecule has 28 heavy (non-hydrogen) atoms.